The van der Waals surface area contributed by atoms with Gasteiger partial charge in [0.1, 0.15) is 11.6 Å². The predicted molar refractivity (Wildman–Crippen MR) is 74.2 cm³/mol. The van der Waals surface area contributed by atoms with Gasteiger partial charge in [-0.25, -0.2) is 4.39 Å². The Labute approximate surface area is 116 Å². The molecule has 2 aromatic carbocycles. The molecule has 0 aromatic heterocycles. The maximum atomic E-state index is 14.0. The van der Waals surface area contributed by atoms with Crippen LogP contribution in [0.15, 0.2) is 36.4 Å². The zero-order valence-corrected chi connectivity index (χ0v) is 11.2. The molecule has 2 aromatic rings. The summed E-state index contributed by atoms with van der Waals surface area (Å²) < 4.78 is 19.0. The molecule has 2 rings (SSSR count). The quantitative estimate of drug-likeness (QED) is 0.925. The highest BCUT2D eigenvalue weighted by atomic mass is 35.5. The first kappa shape index (κ1) is 13.8. The van der Waals surface area contributed by atoms with Gasteiger partial charge in [0.15, 0.2) is 0 Å². The lowest BCUT2D eigenvalue weighted by molar-refractivity contribution is 0.299. The van der Waals surface area contributed by atoms with E-state index in [2.05, 4.69) is 0 Å². The van der Waals surface area contributed by atoms with Gasteiger partial charge in [0, 0.05) is 28.8 Å². The van der Waals surface area contributed by atoms with Crippen molar-refractivity contribution in [3.63, 3.8) is 0 Å². The lowest BCUT2D eigenvalue weighted by Gasteiger charge is -2.09. The highest BCUT2D eigenvalue weighted by Gasteiger charge is 2.11. The Morgan fingerprint density at radius 3 is 2.58 bits per heavy atom. The first-order valence-corrected chi connectivity index (χ1v) is 6.26. The summed E-state index contributed by atoms with van der Waals surface area (Å²) in [5, 5.41) is 9.43. The molecule has 4 heteroatoms. The van der Waals surface area contributed by atoms with Crippen LogP contribution in [0.3, 0.4) is 0 Å². The van der Waals surface area contributed by atoms with E-state index in [9.17, 15) is 4.39 Å². The molecule has 0 atom stereocenters. The first-order chi connectivity index (χ1) is 9.15. The summed E-state index contributed by atoms with van der Waals surface area (Å²) in [7, 11) is 1.49. The summed E-state index contributed by atoms with van der Waals surface area (Å²) in [5.41, 5.74) is 1.95. The molecule has 0 unspecified atom stereocenters. The van der Waals surface area contributed by atoms with Gasteiger partial charge in [-0.3, -0.25) is 0 Å². The van der Waals surface area contributed by atoms with Gasteiger partial charge in [-0.05, 0) is 36.2 Å². The van der Waals surface area contributed by atoms with Crippen molar-refractivity contribution in [3.05, 3.63) is 52.8 Å². The van der Waals surface area contributed by atoms with Crippen molar-refractivity contribution in [3.8, 4) is 16.9 Å². The Hall–Kier alpha value is -1.58. The van der Waals surface area contributed by atoms with Crippen molar-refractivity contribution in [2.45, 2.75) is 6.42 Å². The standard InChI is InChI=1S/C15H14ClFO2/c1-19-11-3-4-12(15(17)9-11)13-8-10(6-7-18)2-5-14(13)16/h2-5,8-9,18H,6-7H2,1H3. The van der Waals surface area contributed by atoms with Crippen LogP contribution in [-0.4, -0.2) is 18.8 Å². The molecule has 0 saturated heterocycles. The van der Waals surface area contributed by atoms with Crippen LogP contribution in [0.1, 0.15) is 5.56 Å². The summed E-state index contributed by atoms with van der Waals surface area (Å²) in [6.07, 6.45) is 0.516. The number of benzene rings is 2. The Morgan fingerprint density at radius 1 is 1.16 bits per heavy atom. The van der Waals surface area contributed by atoms with Crippen molar-refractivity contribution in [1.82, 2.24) is 0 Å². The fraction of sp³-hybridized carbons (Fsp3) is 0.200. The van der Waals surface area contributed by atoms with E-state index < -0.39 is 0 Å². The average Bonchev–Trinajstić information content (AvgIpc) is 2.41. The highest BCUT2D eigenvalue weighted by molar-refractivity contribution is 6.33. The third-order valence-corrected chi connectivity index (χ3v) is 3.23. The molecule has 0 aliphatic carbocycles. The van der Waals surface area contributed by atoms with Crippen molar-refractivity contribution >= 4 is 11.6 Å². The second kappa shape index (κ2) is 6.04. The molecule has 0 spiro atoms. The molecule has 1 N–H and O–H groups in total. The predicted octanol–water partition coefficient (Wildman–Crippen LogP) is 3.69. The van der Waals surface area contributed by atoms with Crippen LogP contribution in [0.5, 0.6) is 5.75 Å². The molecule has 2 nitrogen and oxygen atoms in total. The van der Waals surface area contributed by atoms with Crippen LogP contribution < -0.4 is 4.74 Å². The normalized spacial score (nSPS) is 10.5. The molecular weight excluding hydrogens is 267 g/mol. The number of hydrogen-bond acceptors (Lipinski definition) is 2. The molecule has 0 saturated carbocycles. The minimum atomic E-state index is -0.387. The second-order valence-electron chi connectivity index (χ2n) is 4.13. The van der Waals surface area contributed by atoms with Crippen LogP contribution in [0, 0.1) is 5.82 Å². The molecule has 0 aliphatic heterocycles. The number of aliphatic hydroxyl groups is 1. The lowest BCUT2D eigenvalue weighted by atomic mass is 10.0. The van der Waals surface area contributed by atoms with Crippen molar-refractivity contribution < 1.29 is 14.2 Å². The fourth-order valence-electron chi connectivity index (χ4n) is 1.90. The fourth-order valence-corrected chi connectivity index (χ4v) is 2.12. The molecule has 0 bridgehead atoms. The SMILES string of the molecule is COc1ccc(-c2cc(CCO)ccc2Cl)c(F)c1. The van der Waals surface area contributed by atoms with Crippen LogP contribution in [0.25, 0.3) is 11.1 Å². The van der Waals surface area contributed by atoms with Gasteiger partial charge < -0.3 is 9.84 Å². The lowest BCUT2D eigenvalue weighted by Crippen LogP contribution is -1.93. The summed E-state index contributed by atoms with van der Waals surface area (Å²) in [6, 6.07) is 9.98. The molecule has 0 fully saturated rings. The molecule has 0 aliphatic rings. The number of methoxy groups -OCH3 is 1. The maximum Gasteiger partial charge on any atom is 0.134 e. The summed E-state index contributed by atoms with van der Waals surface area (Å²) >= 11 is 6.12. The number of halogens is 2. The Balaban J connectivity index is 2.48. The summed E-state index contributed by atoms with van der Waals surface area (Å²) in [5.74, 6) is 0.0753. The van der Waals surface area contributed by atoms with E-state index in [0.29, 0.717) is 28.3 Å². The van der Waals surface area contributed by atoms with Crippen LogP contribution >= 0.6 is 11.6 Å². The second-order valence-corrected chi connectivity index (χ2v) is 4.54. The molecule has 0 radical (unpaired) electrons. The van der Waals surface area contributed by atoms with Crippen LogP contribution in [-0.2, 0) is 6.42 Å². The minimum Gasteiger partial charge on any atom is -0.497 e. The van der Waals surface area contributed by atoms with E-state index in [4.69, 9.17) is 21.4 Å². The first-order valence-electron chi connectivity index (χ1n) is 5.89. The van der Waals surface area contributed by atoms with Gasteiger partial charge in [-0.15, -0.1) is 0 Å². The molecule has 19 heavy (non-hydrogen) atoms. The van der Waals surface area contributed by atoms with Crippen molar-refractivity contribution in [2.75, 3.05) is 13.7 Å². The third kappa shape index (κ3) is 3.06. The van der Waals surface area contributed by atoms with Gasteiger partial charge in [0.2, 0.25) is 0 Å². The van der Waals surface area contributed by atoms with E-state index in [1.807, 2.05) is 6.07 Å². The van der Waals surface area contributed by atoms with Gasteiger partial charge >= 0.3 is 0 Å². The Bertz CT molecular complexity index is 584. The number of ether oxygens (including phenoxy) is 1. The van der Waals surface area contributed by atoms with Crippen LogP contribution in [0.2, 0.25) is 5.02 Å². The molecule has 0 amide bonds. The molecular formula is C15H14ClFO2. The van der Waals surface area contributed by atoms with E-state index in [1.54, 1.807) is 24.3 Å². The Morgan fingerprint density at radius 2 is 1.95 bits per heavy atom. The Kier molecular flexibility index (Phi) is 4.40. The topological polar surface area (TPSA) is 29.5 Å². The number of hydrogen-bond donors (Lipinski definition) is 1. The van der Waals surface area contributed by atoms with E-state index >= 15 is 0 Å². The minimum absolute atomic E-state index is 0.0478. The third-order valence-electron chi connectivity index (χ3n) is 2.90. The number of rotatable bonds is 4. The largest absolute Gasteiger partial charge is 0.497 e. The summed E-state index contributed by atoms with van der Waals surface area (Å²) in [4.78, 5) is 0. The monoisotopic (exact) mass is 280 g/mol. The van der Waals surface area contributed by atoms with Gasteiger partial charge in [0.25, 0.3) is 0 Å². The number of aliphatic hydroxyl groups excluding tert-OH is 1. The van der Waals surface area contributed by atoms with E-state index in [0.717, 1.165) is 5.56 Å². The highest BCUT2D eigenvalue weighted by Crippen LogP contribution is 2.32. The smallest absolute Gasteiger partial charge is 0.134 e. The van der Waals surface area contributed by atoms with Gasteiger partial charge in [-0.2, -0.15) is 0 Å². The van der Waals surface area contributed by atoms with Gasteiger partial charge in [0.05, 0.1) is 7.11 Å². The zero-order valence-electron chi connectivity index (χ0n) is 10.5. The molecule has 100 valence electrons. The average molecular weight is 281 g/mol. The van der Waals surface area contributed by atoms with Crippen molar-refractivity contribution in [1.29, 1.82) is 0 Å². The van der Waals surface area contributed by atoms with E-state index in [-0.39, 0.29) is 12.4 Å². The van der Waals surface area contributed by atoms with Gasteiger partial charge in [-0.1, -0.05) is 17.7 Å². The van der Waals surface area contributed by atoms with E-state index in [1.165, 1.54) is 13.2 Å². The maximum absolute atomic E-state index is 14.0. The molecule has 0 heterocycles. The van der Waals surface area contributed by atoms with Crippen LogP contribution in [0.4, 0.5) is 4.39 Å². The van der Waals surface area contributed by atoms with Crippen molar-refractivity contribution in [2.24, 2.45) is 0 Å². The summed E-state index contributed by atoms with van der Waals surface area (Å²) in [6.45, 7) is 0.0478. The zero-order chi connectivity index (χ0) is 13.8.